The molecule has 0 aliphatic heterocycles. The van der Waals surface area contributed by atoms with Crippen LogP contribution in [0.5, 0.6) is 0 Å². The van der Waals surface area contributed by atoms with E-state index in [1.165, 1.54) is 47.7 Å². The number of rotatable bonds is 4. The number of carbonyl (C=O) groups is 1. The van der Waals surface area contributed by atoms with E-state index in [-0.39, 0.29) is 17.9 Å². The normalized spacial score (nSPS) is 14.1. The fourth-order valence-electron chi connectivity index (χ4n) is 3.79. The number of ether oxygens (including phenoxy) is 1. The molecule has 7 heteroatoms. The van der Waals surface area contributed by atoms with Gasteiger partial charge in [-0.05, 0) is 55.1 Å². The van der Waals surface area contributed by atoms with Gasteiger partial charge in [0, 0.05) is 29.7 Å². The van der Waals surface area contributed by atoms with E-state index in [1.54, 1.807) is 0 Å². The number of aromatic nitrogens is 1. The molecular weight excluding hydrogens is 390 g/mol. The topological polar surface area (TPSA) is 101 Å². The van der Waals surface area contributed by atoms with E-state index < -0.39 is 6.09 Å². The van der Waals surface area contributed by atoms with Crippen LogP contribution in [-0.4, -0.2) is 29.8 Å². The SMILES string of the molecule is COC(N)=O.Cl.Cn1c2c(c3c[c]ccc31)CCC2NCCc1ccccc1.O. The number of carbonyl (C=O) groups excluding carboxylic acids is 1. The number of halogens is 1. The van der Waals surface area contributed by atoms with Crippen molar-refractivity contribution in [3.05, 3.63) is 71.4 Å². The van der Waals surface area contributed by atoms with Gasteiger partial charge in [0.15, 0.2) is 0 Å². The Kier molecular flexibility index (Phi) is 9.68. The molecule has 1 atom stereocenters. The first-order chi connectivity index (χ1) is 13.1. The Balaban J connectivity index is 0.000000542. The number of hydrogen-bond donors (Lipinski definition) is 2. The molecule has 29 heavy (non-hydrogen) atoms. The molecule has 1 radical (unpaired) electrons. The second-order valence-electron chi connectivity index (χ2n) is 6.67. The summed E-state index contributed by atoms with van der Waals surface area (Å²) in [6.45, 7) is 1.03. The quantitative estimate of drug-likeness (QED) is 0.680. The van der Waals surface area contributed by atoms with Crippen LogP contribution in [0.2, 0.25) is 0 Å². The summed E-state index contributed by atoms with van der Waals surface area (Å²) in [4.78, 5) is 9.37. The zero-order valence-electron chi connectivity index (χ0n) is 16.8. The molecule has 3 aromatic rings. The predicted octanol–water partition coefficient (Wildman–Crippen LogP) is 3.11. The molecule has 1 unspecified atom stereocenters. The summed E-state index contributed by atoms with van der Waals surface area (Å²) in [7, 11) is 3.42. The van der Waals surface area contributed by atoms with E-state index in [0.29, 0.717) is 6.04 Å². The van der Waals surface area contributed by atoms with Gasteiger partial charge in [-0.1, -0.05) is 36.4 Å². The van der Waals surface area contributed by atoms with Crippen molar-refractivity contribution in [2.75, 3.05) is 13.7 Å². The van der Waals surface area contributed by atoms with Gasteiger partial charge in [-0.25, -0.2) is 4.79 Å². The van der Waals surface area contributed by atoms with Gasteiger partial charge in [0.1, 0.15) is 0 Å². The minimum atomic E-state index is -0.745. The summed E-state index contributed by atoms with van der Waals surface area (Å²) in [5.41, 5.74) is 10.2. The summed E-state index contributed by atoms with van der Waals surface area (Å²) in [5, 5.41) is 5.14. The van der Waals surface area contributed by atoms with Gasteiger partial charge in [-0.15, -0.1) is 12.4 Å². The molecule has 6 nitrogen and oxygen atoms in total. The Hall–Kier alpha value is -2.54. The molecule has 0 saturated carbocycles. The van der Waals surface area contributed by atoms with Crippen LogP contribution in [-0.2, 0) is 24.6 Å². The fourth-order valence-corrected chi connectivity index (χ4v) is 3.79. The first kappa shape index (κ1) is 24.5. The number of fused-ring (bicyclic) bond motifs is 3. The zero-order valence-corrected chi connectivity index (χ0v) is 17.6. The maximum Gasteiger partial charge on any atom is 0.404 e. The Morgan fingerprint density at radius 2 is 2.00 bits per heavy atom. The number of amides is 1. The number of nitrogens with zero attached hydrogens (tertiary/aromatic N) is 1. The molecule has 2 aromatic carbocycles. The molecule has 0 fully saturated rings. The molecule has 5 N–H and O–H groups in total. The average Bonchev–Trinajstić information content (AvgIpc) is 3.23. The molecule has 1 aliphatic carbocycles. The number of aryl methyl sites for hydroxylation is 2. The summed E-state index contributed by atoms with van der Waals surface area (Å²) in [5.74, 6) is 0. The lowest BCUT2D eigenvalue weighted by Crippen LogP contribution is -2.23. The van der Waals surface area contributed by atoms with Crippen LogP contribution in [0.3, 0.4) is 0 Å². The molecule has 0 bridgehead atoms. The largest absolute Gasteiger partial charge is 0.453 e. The van der Waals surface area contributed by atoms with Crippen molar-refractivity contribution in [2.24, 2.45) is 12.8 Å². The molecule has 0 saturated heterocycles. The van der Waals surface area contributed by atoms with Gasteiger partial charge in [-0.3, -0.25) is 0 Å². The van der Waals surface area contributed by atoms with Gasteiger partial charge in [0.25, 0.3) is 0 Å². The molecule has 157 valence electrons. The van der Waals surface area contributed by atoms with Crippen LogP contribution in [0.25, 0.3) is 10.9 Å². The second-order valence-corrected chi connectivity index (χ2v) is 6.67. The molecule has 1 aromatic heterocycles. The lowest BCUT2D eigenvalue weighted by atomic mass is 10.1. The lowest BCUT2D eigenvalue weighted by Gasteiger charge is -2.15. The third-order valence-corrected chi connectivity index (χ3v) is 5.06. The summed E-state index contributed by atoms with van der Waals surface area (Å²) in [6, 6.07) is 20.7. The number of nitrogens with two attached hydrogens (primary N) is 1. The minimum absolute atomic E-state index is 0. The van der Waals surface area contributed by atoms with Crippen molar-refractivity contribution in [3.63, 3.8) is 0 Å². The first-order valence-corrected chi connectivity index (χ1v) is 9.19. The second kappa shape index (κ2) is 11.5. The van der Waals surface area contributed by atoms with E-state index >= 15 is 0 Å². The summed E-state index contributed by atoms with van der Waals surface area (Å²) >= 11 is 0. The first-order valence-electron chi connectivity index (χ1n) is 9.19. The van der Waals surface area contributed by atoms with Crippen LogP contribution in [0.1, 0.15) is 29.3 Å². The van der Waals surface area contributed by atoms with Crippen LogP contribution >= 0.6 is 12.4 Å². The van der Waals surface area contributed by atoms with Crippen LogP contribution < -0.4 is 11.1 Å². The van der Waals surface area contributed by atoms with Crippen molar-refractivity contribution in [2.45, 2.75) is 25.3 Å². The fraction of sp³-hybridized carbons (Fsp3) is 0.318. The smallest absolute Gasteiger partial charge is 0.404 e. The number of hydrogen-bond acceptors (Lipinski definition) is 3. The van der Waals surface area contributed by atoms with E-state index in [2.05, 4.69) is 75.9 Å². The summed E-state index contributed by atoms with van der Waals surface area (Å²) in [6.07, 6.45) is 2.72. The Bertz CT molecular complexity index is 912. The number of benzene rings is 2. The van der Waals surface area contributed by atoms with Crippen LogP contribution in [0.4, 0.5) is 4.79 Å². The molecule has 0 spiro atoms. The number of primary amides is 1. The van der Waals surface area contributed by atoms with E-state index in [9.17, 15) is 4.79 Å². The monoisotopic (exact) mass is 418 g/mol. The third-order valence-electron chi connectivity index (χ3n) is 5.06. The maximum absolute atomic E-state index is 9.37. The Labute approximate surface area is 177 Å². The predicted molar refractivity (Wildman–Crippen MR) is 118 cm³/mol. The van der Waals surface area contributed by atoms with E-state index in [1.807, 2.05) is 6.07 Å². The van der Waals surface area contributed by atoms with Crippen LogP contribution in [0, 0.1) is 6.07 Å². The van der Waals surface area contributed by atoms with Gasteiger partial charge in [-0.2, -0.15) is 0 Å². The highest BCUT2D eigenvalue weighted by Gasteiger charge is 2.27. The van der Waals surface area contributed by atoms with Crippen molar-refractivity contribution < 1.29 is 15.0 Å². The highest BCUT2D eigenvalue weighted by atomic mass is 35.5. The zero-order chi connectivity index (χ0) is 19.2. The highest BCUT2D eigenvalue weighted by molar-refractivity contribution is 5.86. The average molecular weight is 419 g/mol. The van der Waals surface area contributed by atoms with Crippen molar-refractivity contribution in [1.82, 2.24) is 9.88 Å². The van der Waals surface area contributed by atoms with E-state index in [4.69, 9.17) is 0 Å². The minimum Gasteiger partial charge on any atom is -0.453 e. The molecular formula is C22H29ClN3O3. The lowest BCUT2D eigenvalue weighted by molar-refractivity contribution is 0.182. The van der Waals surface area contributed by atoms with E-state index in [0.717, 1.165) is 13.0 Å². The van der Waals surface area contributed by atoms with Gasteiger partial charge in [0.05, 0.1) is 7.11 Å². The van der Waals surface area contributed by atoms with Crippen molar-refractivity contribution >= 4 is 29.4 Å². The Morgan fingerprint density at radius 1 is 1.31 bits per heavy atom. The number of methoxy groups -OCH3 is 1. The number of nitrogens with one attached hydrogen (secondary N) is 1. The van der Waals surface area contributed by atoms with Gasteiger partial charge < -0.3 is 25.8 Å². The van der Waals surface area contributed by atoms with Gasteiger partial charge >= 0.3 is 6.09 Å². The Morgan fingerprint density at radius 3 is 2.66 bits per heavy atom. The van der Waals surface area contributed by atoms with Crippen molar-refractivity contribution in [1.29, 1.82) is 0 Å². The maximum atomic E-state index is 9.37. The van der Waals surface area contributed by atoms with Crippen molar-refractivity contribution in [3.8, 4) is 0 Å². The summed E-state index contributed by atoms with van der Waals surface area (Å²) < 4.78 is 6.26. The standard InChI is InChI=1S/C20H21N2.C2H5NO2.ClH.H2O/c1-22-19-10-6-5-9-16(19)17-11-12-18(20(17)22)21-14-13-15-7-3-2-4-8-15;1-5-2(3)4;;/h2-4,6-10,18,21H,11-14H2,1H3;1H3,(H2,3,4);1H;1H2. The molecule has 4 rings (SSSR count). The van der Waals surface area contributed by atoms with Gasteiger partial charge in [0.2, 0.25) is 0 Å². The molecule has 1 amide bonds. The molecule has 1 heterocycles. The molecule has 1 aliphatic rings. The third kappa shape index (κ3) is 5.73. The highest BCUT2D eigenvalue weighted by Crippen LogP contribution is 2.37. The van der Waals surface area contributed by atoms with Crippen LogP contribution in [0.15, 0.2) is 48.5 Å².